The molecule has 0 fully saturated rings. The van der Waals surface area contributed by atoms with Gasteiger partial charge in [0.05, 0.1) is 27.1 Å². The lowest BCUT2D eigenvalue weighted by atomic mass is 10.3. The van der Waals surface area contributed by atoms with E-state index in [1.807, 2.05) is 0 Å². The molecule has 1 rings (SSSR count). The van der Waals surface area contributed by atoms with Gasteiger partial charge in [0, 0.05) is 25.0 Å². The number of rotatable bonds is 7. The zero-order valence-corrected chi connectivity index (χ0v) is 13.2. The molecule has 9 heteroatoms. The number of allylic oxidation sites excluding steroid dienone is 2. The van der Waals surface area contributed by atoms with Crippen molar-refractivity contribution in [2.45, 2.75) is 25.7 Å². The largest absolute Gasteiger partial charge is 0.469 e. The van der Waals surface area contributed by atoms with Crippen LogP contribution in [0, 0.1) is 0 Å². The maximum Gasteiger partial charge on any atom is 0.336 e. The first-order valence-corrected chi connectivity index (χ1v) is 6.89. The number of ketones is 1. The minimum Gasteiger partial charge on any atom is -0.469 e. The Bertz CT molecular complexity index is 612. The average Bonchev–Trinajstić information content (AvgIpc) is 2.90. The van der Waals surface area contributed by atoms with Gasteiger partial charge < -0.3 is 18.9 Å². The summed E-state index contributed by atoms with van der Waals surface area (Å²) in [4.78, 5) is 56.7. The normalized spacial score (nSPS) is 13.8. The van der Waals surface area contributed by atoms with Gasteiger partial charge in [-0.3, -0.25) is 14.4 Å². The number of methoxy groups -OCH3 is 2. The second kappa shape index (κ2) is 9.23. The molecule has 0 N–H and O–H groups in total. The van der Waals surface area contributed by atoms with E-state index in [0.29, 0.717) is 0 Å². The van der Waals surface area contributed by atoms with Crippen molar-refractivity contribution < 1.29 is 42.9 Å². The van der Waals surface area contributed by atoms with Crippen molar-refractivity contribution in [3.63, 3.8) is 0 Å². The molecule has 0 amide bonds. The Morgan fingerprint density at radius 3 is 2.12 bits per heavy atom. The smallest absolute Gasteiger partial charge is 0.336 e. The summed E-state index contributed by atoms with van der Waals surface area (Å²) in [7, 11) is 2.32. The van der Waals surface area contributed by atoms with E-state index in [-0.39, 0.29) is 37.2 Å². The van der Waals surface area contributed by atoms with Crippen LogP contribution in [0.3, 0.4) is 0 Å². The fourth-order valence-electron chi connectivity index (χ4n) is 1.65. The zero-order valence-electron chi connectivity index (χ0n) is 13.2. The van der Waals surface area contributed by atoms with Crippen LogP contribution in [0.5, 0.6) is 0 Å². The molecule has 0 spiro atoms. The molecule has 24 heavy (non-hydrogen) atoms. The Hall–Kier alpha value is -2.97. The summed E-state index contributed by atoms with van der Waals surface area (Å²) >= 11 is 0. The molecule has 0 saturated heterocycles. The Kier molecular flexibility index (Phi) is 7.34. The minimum absolute atomic E-state index is 0.0168. The van der Waals surface area contributed by atoms with E-state index in [0.717, 1.165) is 19.3 Å². The first-order chi connectivity index (χ1) is 11.4. The van der Waals surface area contributed by atoms with Gasteiger partial charge in [0.1, 0.15) is 0 Å². The van der Waals surface area contributed by atoms with Crippen molar-refractivity contribution in [2.24, 2.45) is 0 Å². The number of ether oxygens (including phenoxy) is 4. The van der Waals surface area contributed by atoms with Crippen LogP contribution < -0.4 is 0 Å². The second-order valence-electron chi connectivity index (χ2n) is 4.50. The topological polar surface area (TPSA) is 122 Å². The molecule has 0 saturated carbocycles. The summed E-state index contributed by atoms with van der Waals surface area (Å²) in [6.07, 6.45) is 1.28. The summed E-state index contributed by atoms with van der Waals surface area (Å²) < 4.78 is 18.5. The maximum atomic E-state index is 11.7. The van der Waals surface area contributed by atoms with Gasteiger partial charge in [-0.05, 0) is 0 Å². The van der Waals surface area contributed by atoms with E-state index < -0.39 is 29.7 Å². The lowest BCUT2D eigenvalue weighted by Crippen LogP contribution is -2.13. The van der Waals surface area contributed by atoms with Crippen molar-refractivity contribution in [1.82, 2.24) is 0 Å². The third kappa shape index (κ3) is 6.03. The molecule has 0 aliphatic heterocycles. The molecule has 1 aliphatic rings. The van der Waals surface area contributed by atoms with E-state index >= 15 is 0 Å². The predicted octanol–water partition coefficient (Wildman–Crippen LogP) is 0.330. The van der Waals surface area contributed by atoms with Crippen molar-refractivity contribution in [2.75, 3.05) is 14.2 Å². The SMILES string of the molecule is COC(=O)C=CC(=O)OC1=C(OC(=O)CCC(=O)OC)C(=O)CC1. The van der Waals surface area contributed by atoms with Gasteiger partial charge in [0.2, 0.25) is 11.5 Å². The van der Waals surface area contributed by atoms with E-state index in [2.05, 4.69) is 9.47 Å². The Morgan fingerprint density at radius 1 is 0.875 bits per heavy atom. The first kappa shape index (κ1) is 19.1. The molecular formula is C15H16O9. The number of hydrogen-bond donors (Lipinski definition) is 0. The zero-order chi connectivity index (χ0) is 18.1. The molecule has 9 nitrogen and oxygen atoms in total. The van der Waals surface area contributed by atoms with Crippen molar-refractivity contribution in [1.29, 1.82) is 0 Å². The lowest BCUT2D eigenvalue weighted by Gasteiger charge is -2.07. The van der Waals surface area contributed by atoms with Gasteiger partial charge in [-0.1, -0.05) is 0 Å². The Balaban J connectivity index is 2.68. The summed E-state index contributed by atoms with van der Waals surface area (Å²) in [5.74, 6) is -4.08. The Labute approximate surface area is 137 Å². The molecule has 0 bridgehead atoms. The van der Waals surface area contributed by atoms with Gasteiger partial charge in [-0.15, -0.1) is 0 Å². The second-order valence-corrected chi connectivity index (χ2v) is 4.50. The Morgan fingerprint density at radius 2 is 1.50 bits per heavy atom. The number of esters is 4. The highest BCUT2D eigenvalue weighted by Crippen LogP contribution is 2.25. The molecule has 0 atom stereocenters. The van der Waals surface area contributed by atoms with Crippen LogP contribution in [0.25, 0.3) is 0 Å². The van der Waals surface area contributed by atoms with Gasteiger partial charge in [-0.2, -0.15) is 0 Å². The van der Waals surface area contributed by atoms with Crippen LogP contribution in [0.2, 0.25) is 0 Å². The van der Waals surface area contributed by atoms with Gasteiger partial charge in [-0.25, -0.2) is 9.59 Å². The standard InChI is InChI=1S/C15H16O9/c1-21-11(17)5-7-13(19)23-10-4-3-9(16)15(10)24-14(20)8-6-12(18)22-2/h5,7H,3-4,6,8H2,1-2H3. The van der Waals surface area contributed by atoms with Crippen LogP contribution in [-0.2, 0) is 42.9 Å². The molecule has 0 aromatic carbocycles. The summed E-state index contributed by atoms with van der Waals surface area (Å²) in [5, 5.41) is 0. The van der Waals surface area contributed by atoms with Crippen molar-refractivity contribution >= 4 is 29.7 Å². The summed E-state index contributed by atoms with van der Waals surface area (Å²) in [6.45, 7) is 0. The quantitative estimate of drug-likeness (QED) is 0.366. The number of carbonyl (C=O) groups is 5. The highest BCUT2D eigenvalue weighted by atomic mass is 16.6. The molecule has 0 unspecified atom stereocenters. The van der Waals surface area contributed by atoms with E-state index in [1.165, 1.54) is 7.11 Å². The first-order valence-electron chi connectivity index (χ1n) is 6.89. The van der Waals surface area contributed by atoms with Crippen molar-refractivity contribution in [3.05, 3.63) is 23.7 Å². The average molecular weight is 340 g/mol. The lowest BCUT2D eigenvalue weighted by molar-refractivity contribution is -0.148. The summed E-state index contributed by atoms with van der Waals surface area (Å²) in [6, 6.07) is 0. The van der Waals surface area contributed by atoms with Crippen LogP contribution in [-0.4, -0.2) is 43.9 Å². The van der Waals surface area contributed by atoms with E-state index in [9.17, 15) is 24.0 Å². The van der Waals surface area contributed by atoms with Gasteiger partial charge in [0.25, 0.3) is 0 Å². The fourth-order valence-corrected chi connectivity index (χ4v) is 1.65. The maximum absolute atomic E-state index is 11.7. The molecule has 0 radical (unpaired) electrons. The molecule has 0 aromatic heterocycles. The number of Topliss-reactive ketones (excluding diaryl/α,β-unsaturated/α-hetero) is 1. The van der Waals surface area contributed by atoms with Gasteiger partial charge in [0.15, 0.2) is 5.76 Å². The highest BCUT2D eigenvalue weighted by molar-refractivity contribution is 5.99. The molecule has 1 aliphatic carbocycles. The van der Waals surface area contributed by atoms with Crippen LogP contribution >= 0.6 is 0 Å². The predicted molar refractivity (Wildman–Crippen MR) is 75.9 cm³/mol. The third-order valence-corrected chi connectivity index (χ3v) is 2.84. The number of carbonyl (C=O) groups excluding carboxylic acids is 5. The number of hydrogen-bond acceptors (Lipinski definition) is 9. The third-order valence-electron chi connectivity index (χ3n) is 2.84. The highest BCUT2D eigenvalue weighted by Gasteiger charge is 2.29. The minimum atomic E-state index is -0.923. The van der Waals surface area contributed by atoms with Gasteiger partial charge >= 0.3 is 23.9 Å². The van der Waals surface area contributed by atoms with Crippen LogP contribution in [0.15, 0.2) is 23.7 Å². The molecular weight excluding hydrogens is 324 g/mol. The molecule has 130 valence electrons. The molecule has 0 aromatic rings. The monoisotopic (exact) mass is 340 g/mol. The van der Waals surface area contributed by atoms with E-state index in [1.54, 1.807) is 0 Å². The van der Waals surface area contributed by atoms with Crippen LogP contribution in [0.4, 0.5) is 0 Å². The fraction of sp³-hybridized carbons (Fsp3) is 0.400. The van der Waals surface area contributed by atoms with Crippen molar-refractivity contribution in [3.8, 4) is 0 Å². The molecule has 0 heterocycles. The van der Waals surface area contributed by atoms with Crippen LogP contribution in [0.1, 0.15) is 25.7 Å². The summed E-state index contributed by atoms with van der Waals surface area (Å²) in [5.41, 5.74) is 0. The van der Waals surface area contributed by atoms with E-state index in [4.69, 9.17) is 9.47 Å².